The normalized spacial score (nSPS) is 36.6. The van der Waals surface area contributed by atoms with E-state index in [0.717, 1.165) is 34.1 Å². The van der Waals surface area contributed by atoms with Gasteiger partial charge in [-0.15, -0.1) is 0 Å². The maximum absolute atomic E-state index is 2.40. The molecule has 0 aromatic heterocycles. The Bertz CT molecular complexity index is 31.9. The Morgan fingerprint density at radius 3 is 2.20 bits per heavy atom. The summed E-state index contributed by atoms with van der Waals surface area (Å²) in [6, 6.07) is 0. The zero-order valence-electron chi connectivity index (χ0n) is 3.10. The minimum absolute atomic E-state index is 0.721. The van der Waals surface area contributed by atoms with Crippen molar-refractivity contribution in [1.82, 2.24) is 0 Å². The molecule has 1 aliphatic heterocycles. The predicted molar refractivity (Wildman–Crippen MR) is 25.7 cm³/mol. The van der Waals surface area contributed by atoms with Gasteiger partial charge in [0.15, 0.2) is 0 Å². The average molecular weight is 297 g/mol. The summed E-state index contributed by atoms with van der Waals surface area (Å²) in [4.78, 5) is 0. The molecule has 1 unspecified atom stereocenters. The molecule has 1 fully saturated rings. The van der Waals surface area contributed by atoms with Gasteiger partial charge in [-0.2, -0.15) is 0 Å². The van der Waals surface area contributed by atoms with Gasteiger partial charge >= 0.3 is 49.5 Å². The van der Waals surface area contributed by atoms with Crippen molar-refractivity contribution in [3.8, 4) is 0 Å². The zero-order valence-corrected chi connectivity index (χ0v) is 7.76. The van der Waals surface area contributed by atoms with E-state index >= 15 is 0 Å². The molecule has 1 aliphatic rings. The number of hydrogen-bond acceptors (Lipinski definition) is 0. The second-order valence-corrected chi connectivity index (χ2v) is 13.9. The van der Waals surface area contributed by atoms with Crippen molar-refractivity contribution in [3.05, 3.63) is 0 Å². The molecule has 2 heteroatoms. The van der Waals surface area contributed by atoms with Gasteiger partial charge in [0, 0.05) is 0 Å². The molecule has 1 heterocycles. The molecular formula is C3H6Te2. The van der Waals surface area contributed by atoms with Crippen LogP contribution in [-0.2, 0) is 0 Å². The van der Waals surface area contributed by atoms with Crippen LogP contribution in [0.4, 0.5) is 0 Å². The van der Waals surface area contributed by atoms with Crippen molar-refractivity contribution in [2.75, 3.05) is 0 Å². The van der Waals surface area contributed by atoms with E-state index in [1.54, 1.807) is 4.47 Å². The summed E-state index contributed by atoms with van der Waals surface area (Å²) in [7, 11) is 0. The minimum atomic E-state index is 0.721. The van der Waals surface area contributed by atoms with Gasteiger partial charge in [-0.1, -0.05) is 0 Å². The van der Waals surface area contributed by atoms with Crippen molar-refractivity contribution in [3.63, 3.8) is 0 Å². The maximum atomic E-state index is 2.40. The fourth-order valence-electron chi connectivity index (χ4n) is 0.204. The second-order valence-electron chi connectivity index (χ2n) is 1.19. The summed E-state index contributed by atoms with van der Waals surface area (Å²) in [6.07, 6.45) is 0. The van der Waals surface area contributed by atoms with Crippen LogP contribution < -0.4 is 0 Å². The molecular weight excluding hydrogens is 291 g/mol. The van der Waals surface area contributed by atoms with E-state index in [1.165, 1.54) is 3.97 Å². The first-order valence-electron chi connectivity index (χ1n) is 1.68. The van der Waals surface area contributed by atoms with E-state index in [0.29, 0.717) is 0 Å². The summed E-state index contributed by atoms with van der Waals surface area (Å²) >= 11 is 1.47. The predicted octanol–water partition coefficient (Wildman–Crippen LogP) is 0.550. The molecule has 0 radical (unpaired) electrons. The third-order valence-electron chi connectivity index (χ3n) is 0.535. The topological polar surface area (TPSA) is 0 Å². The van der Waals surface area contributed by atoms with Gasteiger partial charge in [0.2, 0.25) is 0 Å². The van der Waals surface area contributed by atoms with Gasteiger partial charge < -0.3 is 0 Å². The first kappa shape index (κ1) is 4.73. The van der Waals surface area contributed by atoms with Crippen molar-refractivity contribution in [2.45, 2.75) is 15.4 Å². The quantitative estimate of drug-likeness (QED) is 0.573. The molecule has 0 aliphatic carbocycles. The Balaban J connectivity index is 2.08. The molecule has 0 bridgehead atoms. The summed E-state index contributed by atoms with van der Waals surface area (Å²) < 4.78 is 2.93. The van der Waals surface area contributed by atoms with Gasteiger partial charge in [-0.05, 0) is 0 Å². The van der Waals surface area contributed by atoms with E-state index in [-0.39, 0.29) is 0 Å². The summed E-state index contributed by atoms with van der Waals surface area (Å²) in [5.41, 5.74) is 0. The molecule has 0 amide bonds. The van der Waals surface area contributed by atoms with E-state index < -0.39 is 0 Å². The second kappa shape index (κ2) is 2.04. The Morgan fingerprint density at radius 1 is 1.80 bits per heavy atom. The molecule has 0 saturated carbocycles. The number of hydrogen-bond donors (Lipinski definition) is 0. The summed E-state index contributed by atoms with van der Waals surface area (Å²) in [5, 5.41) is 0. The van der Waals surface area contributed by atoms with Crippen LogP contribution in [0.25, 0.3) is 0 Å². The van der Waals surface area contributed by atoms with Crippen LogP contribution in [0.2, 0.25) is 8.43 Å². The van der Waals surface area contributed by atoms with E-state index in [2.05, 4.69) is 6.92 Å². The van der Waals surface area contributed by atoms with Crippen molar-refractivity contribution in [2.24, 2.45) is 0 Å². The van der Waals surface area contributed by atoms with E-state index in [9.17, 15) is 0 Å². The van der Waals surface area contributed by atoms with Crippen molar-refractivity contribution >= 4 is 34.1 Å². The third kappa shape index (κ3) is 1.24. The Labute approximate surface area is 49.0 Å². The van der Waals surface area contributed by atoms with Crippen LogP contribution in [0.1, 0.15) is 6.92 Å². The van der Waals surface area contributed by atoms with Gasteiger partial charge in [0.25, 0.3) is 0 Å². The van der Waals surface area contributed by atoms with Crippen molar-refractivity contribution < 1.29 is 0 Å². The fraction of sp³-hybridized carbons (Fsp3) is 1.00. The summed E-state index contributed by atoms with van der Waals surface area (Å²) in [6.45, 7) is 2.40. The summed E-state index contributed by atoms with van der Waals surface area (Å²) in [5.74, 6) is 0. The van der Waals surface area contributed by atoms with E-state index in [1.807, 2.05) is 0 Å². The molecule has 1 rings (SSSR count). The molecule has 0 spiro atoms. The van der Waals surface area contributed by atoms with Crippen LogP contribution in [0.15, 0.2) is 0 Å². The van der Waals surface area contributed by atoms with Gasteiger partial charge in [0.05, 0.1) is 0 Å². The van der Waals surface area contributed by atoms with Gasteiger partial charge in [-0.3, -0.25) is 0 Å². The molecule has 1 atom stereocenters. The van der Waals surface area contributed by atoms with Gasteiger partial charge in [0.1, 0.15) is 0 Å². The average Bonchev–Trinajstić information content (AvgIpc) is 1.30. The third-order valence-corrected chi connectivity index (χ3v) is 17.7. The molecule has 0 nitrogen and oxygen atoms in total. The molecule has 0 N–H and O–H groups in total. The van der Waals surface area contributed by atoms with Crippen LogP contribution in [0.5, 0.6) is 0 Å². The fourth-order valence-corrected chi connectivity index (χ4v) is 9.19. The Hall–Kier alpha value is 1.58. The first-order valence-corrected chi connectivity index (χ1v) is 12.0. The molecule has 0 aromatic rings. The monoisotopic (exact) mass is 302 g/mol. The molecule has 0 aromatic carbocycles. The van der Waals surface area contributed by atoms with Crippen LogP contribution >= 0.6 is 0 Å². The Morgan fingerprint density at radius 2 is 2.20 bits per heavy atom. The van der Waals surface area contributed by atoms with Crippen LogP contribution in [-0.4, -0.2) is 34.1 Å². The molecule has 1 saturated heterocycles. The first-order chi connectivity index (χ1) is 2.39. The van der Waals surface area contributed by atoms with Crippen LogP contribution in [0, 0.1) is 0 Å². The molecule has 30 valence electrons. The molecule has 5 heavy (non-hydrogen) atoms. The van der Waals surface area contributed by atoms with E-state index in [4.69, 9.17) is 0 Å². The SMILES string of the molecule is CC1C[Te][Te]1. The van der Waals surface area contributed by atoms with Crippen LogP contribution in [0.3, 0.4) is 0 Å². The number of rotatable bonds is 0. The standard InChI is InChI=1S/C3H6Te2/c1-3-2-4-5-3/h3H,2H2,1H3. The van der Waals surface area contributed by atoms with Crippen molar-refractivity contribution in [1.29, 1.82) is 0 Å². The van der Waals surface area contributed by atoms with Gasteiger partial charge in [-0.25, -0.2) is 0 Å². The zero-order chi connectivity index (χ0) is 3.70. The Kier molecular flexibility index (Phi) is 1.93.